The molecule has 4 aromatic rings. The number of aromatic nitrogens is 4. The molecule has 4 rings (SSSR count). The van der Waals surface area contributed by atoms with E-state index >= 15 is 0 Å². The zero-order chi connectivity index (χ0) is 17.4. The molecule has 3 N–H and O–H groups in total. The van der Waals surface area contributed by atoms with Crippen LogP contribution < -0.4 is 0 Å². The molecule has 0 amide bonds. The van der Waals surface area contributed by atoms with E-state index in [9.17, 15) is 10.2 Å². The van der Waals surface area contributed by atoms with Gasteiger partial charge in [-0.1, -0.05) is 30.3 Å². The predicted octanol–water partition coefficient (Wildman–Crippen LogP) is 1.36. The van der Waals surface area contributed by atoms with Gasteiger partial charge in [0.2, 0.25) is 0 Å². The van der Waals surface area contributed by atoms with Crippen LogP contribution >= 0.6 is 0 Å². The summed E-state index contributed by atoms with van der Waals surface area (Å²) >= 11 is 0. The number of rotatable bonds is 4. The summed E-state index contributed by atoms with van der Waals surface area (Å²) in [6, 6.07) is 16.8. The van der Waals surface area contributed by atoms with Crippen LogP contribution in [0, 0.1) is 0 Å². The molecule has 0 spiro atoms. The highest BCUT2D eigenvalue weighted by Crippen LogP contribution is 2.27. The highest BCUT2D eigenvalue weighted by Gasteiger charge is 2.26. The van der Waals surface area contributed by atoms with Crippen molar-refractivity contribution in [2.45, 2.75) is 12.2 Å². The van der Waals surface area contributed by atoms with Crippen molar-refractivity contribution in [3.05, 3.63) is 60.3 Å². The Kier molecular flexibility index (Phi) is 3.89. The smallest absolute Gasteiger partial charge is 0.182 e. The average Bonchev–Trinajstić information content (AvgIpc) is 3.04. The third-order valence-corrected chi connectivity index (χ3v) is 4.04. The second-order valence-corrected chi connectivity index (χ2v) is 5.71. The molecule has 0 saturated carbocycles. The molecule has 25 heavy (non-hydrogen) atoms. The van der Waals surface area contributed by atoms with Crippen LogP contribution in [0.4, 0.5) is 0 Å². The lowest BCUT2D eigenvalue weighted by molar-refractivity contribution is -0.0168. The van der Waals surface area contributed by atoms with E-state index in [1.807, 2.05) is 54.6 Å². The monoisotopic (exact) mass is 336 g/mol. The number of hydrogen-bond acceptors (Lipinski definition) is 6. The first kappa shape index (κ1) is 15.6. The van der Waals surface area contributed by atoms with E-state index in [0.717, 1.165) is 5.69 Å². The van der Waals surface area contributed by atoms with Gasteiger partial charge in [-0.25, -0.2) is 14.6 Å². The standard InChI is InChI=1S/C18H16N4O3/c23-10-14(24)17(25)15-16-18(20-13-9-5-4-8-12(13)19-16)22(21-15)11-6-2-1-3-7-11/h1-9,14,17,23-25H,10H2/t14-,17-/m1/s1. The summed E-state index contributed by atoms with van der Waals surface area (Å²) in [5.41, 5.74) is 3.17. The molecule has 0 radical (unpaired) electrons. The first-order chi connectivity index (χ1) is 12.2. The van der Waals surface area contributed by atoms with Crippen molar-refractivity contribution in [3.63, 3.8) is 0 Å². The van der Waals surface area contributed by atoms with Crippen molar-refractivity contribution in [1.29, 1.82) is 0 Å². The second kappa shape index (κ2) is 6.21. The number of para-hydroxylation sites is 3. The van der Waals surface area contributed by atoms with Crippen LogP contribution in [0.3, 0.4) is 0 Å². The molecule has 0 unspecified atom stereocenters. The highest BCUT2D eigenvalue weighted by atomic mass is 16.4. The minimum Gasteiger partial charge on any atom is -0.394 e. The minimum absolute atomic E-state index is 0.179. The normalized spacial score (nSPS) is 14.0. The molecule has 7 heteroatoms. The van der Waals surface area contributed by atoms with E-state index in [4.69, 9.17) is 5.11 Å². The number of aliphatic hydroxyl groups is 3. The van der Waals surface area contributed by atoms with Gasteiger partial charge in [-0.15, -0.1) is 0 Å². The molecule has 0 aliphatic heterocycles. The number of fused-ring (bicyclic) bond motifs is 2. The summed E-state index contributed by atoms with van der Waals surface area (Å²) in [7, 11) is 0. The fraction of sp³-hybridized carbons (Fsp3) is 0.167. The van der Waals surface area contributed by atoms with E-state index < -0.39 is 18.8 Å². The lowest BCUT2D eigenvalue weighted by Crippen LogP contribution is -2.22. The Hall–Kier alpha value is -2.87. The van der Waals surface area contributed by atoms with E-state index in [1.165, 1.54) is 0 Å². The maximum atomic E-state index is 10.4. The Bertz CT molecular complexity index is 1030. The van der Waals surface area contributed by atoms with Gasteiger partial charge < -0.3 is 15.3 Å². The lowest BCUT2D eigenvalue weighted by atomic mass is 10.1. The zero-order valence-electron chi connectivity index (χ0n) is 13.2. The number of benzene rings is 2. The van der Waals surface area contributed by atoms with Crippen molar-refractivity contribution in [2.75, 3.05) is 6.61 Å². The summed E-state index contributed by atoms with van der Waals surface area (Å²) in [4.78, 5) is 9.19. The topological polar surface area (TPSA) is 104 Å². The van der Waals surface area contributed by atoms with Gasteiger partial charge in [0, 0.05) is 0 Å². The van der Waals surface area contributed by atoms with Crippen molar-refractivity contribution in [2.24, 2.45) is 0 Å². The first-order valence-corrected chi connectivity index (χ1v) is 7.87. The van der Waals surface area contributed by atoms with Gasteiger partial charge in [0.1, 0.15) is 23.4 Å². The number of aliphatic hydroxyl groups excluding tert-OH is 3. The maximum absolute atomic E-state index is 10.4. The summed E-state index contributed by atoms with van der Waals surface area (Å²) in [5.74, 6) is 0. The third-order valence-electron chi connectivity index (χ3n) is 4.04. The van der Waals surface area contributed by atoms with Crippen molar-refractivity contribution in [1.82, 2.24) is 19.7 Å². The van der Waals surface area contributed by atoms with Crippen LogP contribution in [-0.2, 0) is 0 Å². The molecular weight excluding hydrogens is 320 g/mol. The largest absolute Gasteiger partial charge is 0.394 e. The molecule has 7 nitrogen and oxygen atoms in total. The fourth-order valence-corrected chi connectivity index (χ4v) is 2.74. The molecule has 0 fully saturated rings. The molecule has 2 heterocycles. The summed E-state index contributed by atoms with van der Waals surface area (Å²) in [6.07, 6.45) is -2.72. The number of nitrogens with zero attached hydrogens (tertiary/aromatic N) is 4. The molecule has 0 aliphatic carbocycles. The Morgan fingerprint density at radius 2 is 1.52 bits per heavy atom. The molecule has 2 atom stereocenters. The minimum atomic E-state index is -1.37. The van der Waals surface area contributed by atoms with Gasteiger partial charge in [-0.3, -0.25) is 0 Å². The number of hydrogen-bond donors (Lipinski definition) is 3. The third kappa shape index (κ3) is 2.64. The van der Waals surface area contributed by atoms with E-state index in [0.29, 0.717) is 22.2 Å². The van der Waals surface area contributed by atoms with E-state index in [1.54, 1.807) is 4.68 Å². The fourth-order valence-electron chi connectivity index (χ4n) is 2.74. The molecule has 0 bridgehead atoms. The van der Waals surface area contributed by atoms with Crippen LogP contribution in [0.2, 0.25) is 0 Å². The highest BCUT2D eigenvalue weighted by molar-refractivity contribution is 5.86. The van der Waals surface area contributed by atoms with E-state index in [-0.39, 0.29) is 5.69 Å². The maximum Gasteiger partial charge on any atom is 0.182 e. The van der Waals surface area contributed by atoms with Crippen LogP contribution in [0.5, 0.6) is 0 Å². The van der Waals surface area contributed by atoms with Gasteiger partial charge in [0.25, 0.3) is 0 Å². The quantitative estimate of drug-likeness (QED) is 0.520. The van der Waals surface area contributed by atoms with Gasteiger partial charge in [-0.05, 0) is 24.3 Å². The summed E-state index contributed by atoms with van der Waals surface area (Å²) in [5, 5.41) is 33.8. The van der Waals surface area contributed by atoms with Gasteiger partial charge in [0.15, 0.2) is 5.65 Å². The molecule has 2 aromatic heterocycles. The van der Waals surface area contributed by atoms with Crippen LogP contribution in [0.25, 0.3) is 27.9 Å². The predicted molar refractivity (Wildman–Crippen MR) is 92.2 cm³/mol. The van der Waals surface area contributed by atoms with Crippen molar-refractivity contribution < 1.29 is 15.3 Å². The molecule has 0 saturated heterocycles. The van der Waals surface area contributed by atoms with Gasteiger partial charge in [0.05, 0.1) is 23.3 Å². The van der Waals surface area contributed by atoms with E-state index in [2.05, 4.69) is 15.1 Å². The second-order valence-electron chi connectivity index (χ2n) is 5.71. The van der Waals surface area contributed by atoms with Crippen LogP contribution in [-0.4, -0.2) is 47.8 Å². The Morgan fingerprint density at radius 3 is 2.20 bits per heavy atom. The zero-order valence-corrected chi connectivity index (χ0v) is 13.2. The lowest BCUT2D eigenvalue weighted by Gasteiger charge is -2.12. The van der Waals surface area contributed by atoms with Crippen molar-refractivity contribution >= 4 is 22.2 Å². The molecule has 0 aliphatic rings. The summed E-state index contributed by atoms with van der Waals surface area (Å²) < 4.78 is 1.58. The van der Waals surface area contributed by atoms with Crippen molar-refractivity contribution in [3.8, 4) is 5.69 Å². The van der Waals surface area contributed by atoms with Gasteiger partial charge in [-0.2, -0.15) is 5.10 Å². The first-order valence-electron chi connectivity index (χ1n) is 7.87. The SMILES string of the molecule is OC[C@@H](O)[C@@H](O)c1nn(-c2ccccc2)c2nc3ccccc3nc12. The summed E-state index contributed by atoms with van der Waals surface area (Å²) in [6.45, 7) is -0.581. The average molecular weight is 336 g/mol. The van der Waals surface area contributed by atoms with Crippen LogP contribution in [0.15, 0.2) is 54.6 Å². The molecular formula is C18H16N4O3. The Balaban J connectivity index is 2.03. The van der Waals surface area contributed by atoms with Crippen LogP contribution in [0.1, 0.15) is 11.8 Å². The van der Waals surface area contributed by atoms with Gasteiger partial charge >= 0.3 is 0 Å². The Labute approximate surface area is 142 Å². The molecule has 126 valence electrons. The molecule has 2 aromatic carbocycles. The Morgan fingerprint density at radius 1 is 0.880 bits per heavy atom.